The summed E-state index contributed by atoms with van der Waals surface area (Å²) in [6.07, 6.45) is 2.40. The van der Waals surface area contributed by atoms with E-state index in [-0.39, 0.29) is 18.4 Å². The van der Waals surface area contributed by atoms with Gasteiger partial charge in [0.2, 0.25) is 5.89 Å². The van der Waals surface area contributed by atoms with Crippen LogP contribution in [0.5, 0.6) is 0 Å². The number of nitrogens with one attached hydrogen (secondary N) is 2. The number of aromatic nitrogens is 2. The fourth-order valence-electron chi connectivity index (χ4n) is 2.12. The van der Waals surface area contributed by atoms with E-state index in [9.17, 15) is 9.90 Å². The SMILES string of the molecule is COCCC(C)(O)CNC(=O)c1noc(C2CCCN2)n1. The highest BCUT2D eigenvalue weighted by molar-refractivity contribution is 5.90. The van der Waals surface area contributed by atoms with Gasteiger partial charge in [0, 0.05) is 26.7 Å². The number of hydrogen-bond acceptors (Lipinski definition) is 7. The standard InChI is InChI=1S/C13H22N4O4/c1-13(19,5-7-20-2)8-15-11(18)10-16-12(21-17-10)9-4-3-6-14-9/h9,14,19H,3-8H2,1-2H3,(H,15,18). The molecule has 0 bridgehead atoms. The maximum absolute atomic E-state index is 11.9. The van der Waals surface area contributed by atoms with Crippen LogP contribution in [0.15, 0.2) is 4.52 Å². The molecular formula is C13H22N4O4. The molecule has 1 aromatic heterocycles. The molecule has 1 amide bonds. The predicted molar refractivity (Wildman–Crippen MR) is 73.7 cm³/mol. The van der Waals surface area contributed by atoms with Gasteiger partial charge >= 0.3 is 0 Å². The third-order valence-corrected chi connectivity index (χ3v) is 3.48. The van der Waals surface area contributed by atoms with E-state index in [1.165, 1.54) is 0 Å². The highest BCUT2D eigenvalue weighted by Gasteiger charge is 2.26. The minimum Gasteiger partial charge on any atom is -0.388 e. The minimum absolute atomic E-state index is 0.0127. The number of amides is 1. The van der Waals surface area contributed by atoms with E-state index in [0.717, 1.165) is 19.4 Å². The van der Waals surface area contributed by atoms with Crippen LogP contribution in [0, 0.1) is 0 Å². The fourth-order valence-corrected chi connectivity index (χ4v) is 2.12. The molecule has 0 spiro atoms. The molecule has 1 aliphatic heterocycles. The number of carbonyl (C=O) groups excluding carboxylic acids is 1. The minimum atomic E-state index is -1.04. The van der Waals surface area contributed by atoms with Gasteiger partial charge in [0.15, 0.2) is 0 Å². The monoisotopic (exact) mass is 298 g/mol. The van der Waals surface area contributed by atoms with Crippen LogP contribution < -0.4 is 10.6 Å². The third kappa shape index (κ3) is 4.48. The summed E-state index contributed by atoms with van der Waals surface area (Å²) in [4.78, 5) is 16.0. The molecule has 0 aromatic carbocycles. The van der Waals surface area contributed by atoms with Gasteiger partial charge in [-0.15, -0.1) is 0 Å². The Labute approximate surface area is 123 Å². The Morgan fingerprint density at radius 3 is 3.14 bits per heavy atom. The molecule has 1 aliphatic rings. The van der Waals surface area contributed by atoms with Crippen LogP contribution in [-0.4, -0.2) is 53.6 Å². The molecule has 1 saturated heterocycles. The summed E-state index contributed by atoms with van der Waals surface area (Å²) >= 11 is 0. The van der Waals surface area contributed by atoms with E-state index < -0.39 is 11.5 Å². The van der Waals surface area contributed by atoms with Crippen molar-refractivity contribution < 1.29 is 19.2 Å². The average Bonchev–Trinajstić information content (AvgIpc) is 3.12. The lowest BCUT2D eigenvalue weighted by molar-refractivity contribution is 0.0242. The Morgan fingerprint density at radius 2 is 2.48 bits per heavy atom. The Bertz CT molecular complexity index is 468. The third-order valence-electron chi connectivity index (χ3n) is 3.48. The predicted octanol–water partition coefficient (Wildman–Crippen LogP) is 0.0114. The summed E-state index contributed by atoms with van der Waals surface area (Å²) in [6.45, 7) is 3.07. The molecule has 8 nitrogen and oxygen atoms in total. The maximum atomic E-state index is 11.9. The van der Waals surface area contributed by atoms with Gasteiger partial charge in [-0.2, -0.15) is 4.98 Å². The van der Waals surface area contributed by atoms with Gasteiger partial charge in [-0.1, -0.05) is 5.16 Å². The molecule has 0 radical (unpaired) electrons. The van der Waals surface area contributed by atoms with Crippen LogP contribution in [0.2, 0.25) is 0 Å². The summed E-state index contributed by atoms with van der Waals surface area (Å²) < 4.78 is 10.0. The van der Waals surface area contributed by atoms with Crippen molar-refractivity contribution in [3.63, 3.8) is 0 Å². The van der Waals surface area contributed by atoms with Gasteiger partial charge in [0.25, 0.3) is 11.7 Å². The van der Waals surface area contributed by atoms with E-state index in [4.69, 9.17) is 9.26 Å². The number of aliphatic hydroxyl groups is 1. The summed E-state index contributed by atoms with van der Waals surface area (Å²) in [5.74, 6) is -0.0364. The first-order valence-electron chi connectivity index (χ1n) is 7.08. The molecule has 1 fully saturated rings. The molecule has 2 atom stereocenters. The van der Waals surface area contributed by atoms with Crippen LogP contribution in [0.3, 0.4) is 0 Å². The maximum Gasteiger partial charge on any atom is 0.292 e. The second-order valence-electron chi connectivity index (χ2n) is 5.53. The molecule has 2 heterocycles. The average molecular weight is 298 g/mol. The highest BCUT2D eigenvalue weighted by Crippen LogP contribution is 2.21. The van der Waals surface area contributed by atoms with E-state index in [2.05, 4.69) is 20.8 Å². The van der Waals surface area contributed by atoms with Gasteiger partial charge in [0.1, 0.15) is 0 Å². The van der Waals surface area contributed by atoms with Gasteiger partial charge in [0.05, 0.1) is 11.6 Å². The molecule has 8 heteroatoms. The Kier molecular flexibility index (Phi) is 5.27. The normalized spacial score (nSPS) is 21.2. The van der Waals surface area contributed by atoms with Crippen molar-refractivity contribution in [3.8, 4) is 0 Å². The quantitative estimate of drug-likeness (QED) is 0.650. The first kappa shape index (κ1) is 15.9. The van der Waals surface area contributed by atoms with Crippen molar-refractivity contribution in [1.29, 1.82) is 0 Å². The van der Waals surface area contributed by atoms with Crippen LogP contribution in [0.1, 0.15) is 48.7 Å². The smallest absolute Gasteiger partial charge is 0.292 e. The van der Waals surface area contributed by atoms with Gasteiger partial charge in [-0.3, -0.25) is 4.79 Å². The Hall–Kier alpha value is -1.51. The van der Waals surface area contributed by atoms with E-state index in [1.807, 2.05) is 0 Å². The fraction of sp³-hybridized carbons (Fsp3) is 0.769. The topological polar surface area (TPSA) is 110 Å². The molecule has 1 aromatic rings. The molecule has 0 saturated carbocycles. The van der Waals surface area contributed by atoms with Crippen LogP contribution in [0.4, 0.5) is 0 Å². The molecule has 2 unspecified atom stereocenters. The Balaban J connectivity index is 1.85. The Morgan fingerprint density at radius 1 is 1.67 bits per heavy atom. The van der Waals surface area contributed by atoms with E-state index in [0.29, 0.717) is 18.9 Å². The van der Waals surface area contributed by atoms with Gasteiger partial charge in [-0.05, 0) is 26.3 Å². The zero-order valence-electron chi connectivity index (χ0n) is 12.4. The van der Waals surface area contributed by atoms with Crippen LogP contribution in [-0.2, 0) is 4.74 Å². The number of methoxy groups -OCH3 is 1. The van der Waals surface area contributed by atoms with Crippen molar-refractivity contribution >= 4 is 5.91 Å². The van der Waals surface area contributed by atoms with Crippen molar-refractivity contribution in [1.82, 2.24) is 20.8 Å². The molecule has 118 valence electrons. The van der Waals surface area contributed by atoms with Gasteiger partial charge in [-0.25, -0.2) is 0 Å². The summed E-state index contributed by atoms with van der Waals surface area (Å²) in [5.41, 5.74) is -1.04. The number of nitrogens with zero attached hydrogens (tertiary/aromatic N) is 2. The number of ether oxygens (including phenoxy) is 1. The van der Waals surface area contributed by atoms with Crippen molar-refractivity contribution in [3.05, 3.63) is 11.7 Å². The van der Waals surface area contributed by atoms with Crippen molar-refractivity contribution in [2.75, 3.05) is 26.8 Å². The zero-order chi connectivity index (χ0) is 15.3. The van der Waals surface area contributed by atoms with Crippen LogP contribution >= 0.6 is 0 Å². The molecular weight excluding hydrogens is 276 g/mol. The molecule has 21 heavy (non-hydrogen) atoms. The largest absolute Gasteiger partial charge is 0.388 e. The molecule has 2 rings (SSSR count). The highest BCUT2D eigenvalue weighted by atomic mass is 16.5. The summed E-state index contributed by atoms with van der Waals surface area (Å²) in [7, 11) is 1.56. The lowest BCUT2D eigenvalue weighted by Gasteiger charge is -2.22. The summed E-state index contributed by atoms with van der Waals surface area (Å²) in [6, 6.07) is 0.0314. The second-order valence-corrected chi connectivity index (χ2v) is 5.53. The lowest BCUT2D eigenvalue weighted by atomic mass is 10.0. The number of rotatable bonds is 7. The number of carbonyl (C=O) groups is 1. The summed E-state index contributed by atoms with van der Waals surface area (Å²) in [5, 5.41) is 19.6. The van der Waals surface area contributed by atoms with Crippen molar-refractivity contribution in [2.45, 2.75) is 37.8 Å². The second kappa shape index (κ2) is 6.97. The molecule has 0 aliphatic carbocycles. The zero-order valence-corrected chi connectivity index (χ0v) is 12.4. The van der Waals surface area contributed by atoms with E-state index in [1.54, 1.807) is 14.0 Å². The first-order chi connectivity index (χ1) is 10.0. The lowest BCUT2D eigenvalue weighted by Crippen LogP contribution is -2.41. The van der Waals surface area contributed by atoms with E-state index >= 15 is 0 Å². The molecule has 3 N–H and O–H groups in total. The van der Waals surface area contributed by atoms with Crippen LogP contribution in [0.25, 0.3) is 0 Å². The van der Waals surface area contributed by atoms with Gasteiger partial charge < -0.3 is 25.0 Å². The first-order valence-corrected chi connectivity index (χ1v) is 7.08. The van der Waals surface area contributed by atoms with Crippen molar-refractivity contribution in [2.24, 2.45) is 0 Å². The number of hydrogen-bond donors (Lipinski definition) is 3.